The lowest BCUT2D eigenvalue weighted by atomic mass is 10.2. The van der Waals surface area contributed by atoms with Gasteiger partial charge in [0.25, 0.3) is 5.56 Å². The molecule has 1 saturated heterocycles. The van der Waals surface area contributed by atoms with Crippen molar-refractivity contribution in [3.63, 3.8) is 0 Å². The Kier molecular flexibility index (Phi) is 8.70. The molecule has 0 radical (unpaired) electrons. The summed E-state index contributed by atoms with van der Waals surface area (Å²) in [6.45, 7) is -0.778. The Morgan fingerprint density at radius 3 is 2.44 bits per heavy atom. The predicted molar refractivity (Wildman–Crippen MR) is 104 cm³/mol. The molecule has 0 bridgehead atoms. The highest BCUT2D eigenvalue weighted by Crippen LogP contribution is 2.66. The first-order chi connectivity index (χ1) is 14.6. The summed E-state index contributed by atoms with van der Waals surface area (Å²) < 4.78 is 51.6. The average Bonchev–Trinajstić information content (AvgIpc) is 2.97. The van der Waals surface area contributed by atoms with Crippen molar-refractivity contribution in [1.29, 1.82) is 0 Å². The SMILES string of the molecule is NC/C=C\c1cn([C@H]2C[C@H](O)[C@@H](COP(=O)(O)OP(=O)(O)OP(=O)(O)O)O2)c(=O)[nH]c1=O. The van der Waals surface area contributed by atoms with Crippen LogP contribution in [0.3, 0.4) is 0 Å². The maximum absolute atomic E-state index is 12.1. The van der Waals surface area contributed by atoms with Gasteiger partial charge in [-0.1, -0.05) is 12.2 Å². The van der Waals surface area contributed by atoms with Gasteiger partial charge in [0.2, 0.25) is 0 Å². The van der Waals surface area contributed by atoms with E-state index in [1.165, 1.54) is 12.2 Å². The summed E-state index contributed by atoms with van der Waals surface area (Å²) in [6, 6.07) is 0. The van der Waals surface area contributed by atoms with E-state index in [9.17, 15) is 33.3 Å². The summed E-state index contributed by atoms with van der Waals surface area (Å²) in [6.07, 6.45) is -0.0802. The molecule has 1 aliphatic heterocycles. The van der Waals surface area contributed by atoms with Gasteiger partial charge in [0.15, 0.2) is 0 Å². The van der Waals surface area contributed by atoms with E-state index in [2.05, 4.69) is 13.1 Å². The Bertz CT molecular complexity index is 1110. The summed E-state index contributed by atoms with van der Waals surface area (Å²) in [7, 11) is -16.7. The highest BCUT2D eigenvalue weighted by atomic mass is 31.3. The van der Waals surface area contributed by atoms with Crippen molar-refractivity contribution >= 4 is 29.5 Å². The maximum atomic E-state index is 12.1. The van der Waals surface area contributed by atoms with Crippen molar-refractivity contribution in [2.75, 3.05) is 13.2 Å². The van der Waals surface area contributed by atoms with Crippen LogP contribution in [0, 0.1) is 0 Å². The molecule has 8 N–H and O–H groups in total. The largest absolute Gasteiger partial charge is 0.490 e. The van der Waals surface area contributed by atoms with Gasteiger partial charge in [0.05, 0.1) is 18.3 Å². The molecule has 2 unspecified atom stereocenters. The second-order valence-corrected chi connectivity index (χ2v) is 10.6. The minimum absolute atomic E-state index is 0.0600. The van der Waals surface area contributed by atoms with E-state index in [0.717, 1.165) is 10.8 Å². The minimum atomic E-state index is -5.70. The number of aromatic nitrogens is 2. The van der Waals surface area contributed by atoms with Gasteiger partial charge in [-0.3, -0.25) is 18.9 Å². The number of nitrogens with one attached hydrogen (secondary N) is 1. The van der Waals surface area contributed by atoms with Crippen LogP contribution < -0.4 is 17.0 Å². The predicted octanol–water partition coefficient (Wildman–Crippen LogP) is -1.50. The number of phosphoric ester groups is 1. The fourth-order valence-corrected chi connectivity index (χ4v) is 5.57. The molecule has 1 aromatic heterocycles. The maximum Gasteiger partial charge on any atom is 0.490 e. The van der Waals surface area contributed by atoms with E-state index >= 15 is 0 Å². The normalized spacial score (nSPS) is 25.6. The topological polar surface area (TPSA) is 270 Å². The van der Waals surface area contributed by atoms with Crippen molar-refractivity contribution in [2.24, 2.45) is 5.73 Å². The number of hydrogen-bond acceptors (Lipinski definition) is 11. The van der Waals surface area contributed by atoms with Gasteiger partial charge >= 0.3 is 29.2 Å². The number of aromatic amines is 1. The summed E-state index contributed by atoms with van der Waals surface area (Å²) in [5, 5.41) is 10.1. The standard InChI is InChI=1S/C12H20N3O14P3/c13-3-1-2-7-5-15(12(18)14-11(7)17)10-4-8(16)9(27-10)6-26-31(22,23)29-32(24,25)28-30(19,20)21/h1-2,5,8-10,16H,3-4,6,13H2,(H,22,23)(H,24,25)(H,14,17,18)(H2,19,20,21)/b2-1-/t8-,9+,10+/m0/s1. The first-order valence-corrected chi connectivity index (χ1v) is 13.0. The van der Waals surface area contributed by atoms with E-state index in [1.807, 2.05) is 4.98 Å². The fourth-order valence-electron chi connectivity index (χ4n) is 2.54. The second-order valence-electron chi connectivity index (χ2n) is 6.21. The van der Waals surface area contributed by atoms with Crippen molar-refractivity contribution < 1.29 is 56.3 Å². The van der Waals surface area contributed by atoms with Crippen LogP contribution in [0.5, 0.6) is 0 Å². The molecule has 0 amide bonds. The molecular formula is C12H20N3O14P3. The minimum Gasteiger partial charge on any atom is -0.390 e. The molecule has 1 aromatic rings. The quantitative estimate of drug-likeness (QED) is 0.172. The van der Waals surface area contributed by atoms with Crippen LogP contribution in [0.4, 0.5) is 0 Å². The lowest BCUT2D eigenvalue weighted by Crippen LogP contribution is -2.33. The third-order valence-corrected chi connectivity index (χ3v) is 7.56. The van der Waals surface area contributed by atoms with E-state index in [1.54, 1.807) is 0 Å². The number of nitrogens with two attached hydrogens (primary N) is 1. The Morgan fingerprint density at radius 2 is 1.84 bits per heavy atom. The van der Waals surface area contributed by atoms with Crippen LogP contribution in [0.1, 0.15) is 18.2 Å². The van der Waals surface area contributed by atoms with Gasteiger partial charge in [0, 0.05) is 19.2 Å². The Balaban J connectivity index is 2.08. The number of nitrogens with zero attached hydrogens (tertiary/aromatic N) is 1. The molecule has 182 valence electrons. The Labute approximate surface area is 178 Å². The van der Waals surface area contributed by atoms with Gasteiger partial charge in [-0.15, -0.1) is 0 Å². The van der Waals surface area contributed by atoms with Crippen LogP contribution in [0.2, 0.25) is 0 Å². The lowest BCUT2D eigenvalue weighted by molar-refractivity contribution is -0.0450. The summed E-state index contributed by atoms with van der Waals surface area (Å²) in [5.74, 6) is 0. The molecule has 5 atom stereocenters. The van der Waals surface area contributed by atoms with Crippen LogP contribution in [0.15, 0.2) is 21.9 Å². The molecule has 17 nitrogen and oxygen atoms in total. The van der Waals surface area contributed by atoms with Crippen molar-refractivity contribution in [3.05, 3.63) is 38.7 Å². The highest BCUT2D eigenvalue weighted by molar-refractivity contribution is 7.66. The molecule has 1 aliphatic rings. The third kappa shape index (κ3) is 7.93. The molecule has 0 saturated carbocycles. The highest BCUT2D eigenvalue weighted by Gasteiger charge is 2.43. The van der Waals surface area contributed by atoms with Crippen LogP contribution in [-0.4, -0.2) is 59.6 Å². The monoisotopic (exact) mass is 523 g/mol. The van der Waals surface area contributed by atoms with Crippen LogP contribution in [0.25, 0.3) is 6.08 Å². The number of hydrogen-bond donors (Lipinski definition) is 7. The molecule has 20 heteroatoms. The zero-order valence-corrected chi connectivity index (χ0v) is 18.5. The Hall–Kier alpha value is -1.29. The Morgan fingerprint density at radius 1 is 1.19 bits per heavy atom. The summed E-state index contributed by atoms with van der Waals surface area (Å²) in [5.41, 5.74) is 3.81. The van der Waals surface area contributed by atoms with Gasteiger partial charge in [-0.25, -0.2) is 18.5 Å². The molecule has 0 spiro atoms. The fraction of sp³-hybridized carbons (Fsp3) is 0.500. The molecule has 1 fully saturated rings. The second kappa shape index (κ2) is 10.3. The van der Waals surface area contributed by atoms with Crippen LogP contribution in [-0.2, 0) is 31.6 Å². The third-order valence-electron chi connectivity index (χ3n) is 3.76. The smallest absolute Gasteiger partial charge is 0.390 e. The van der Waals surface area contributed by atoms with Crippen molar-refractivity contribution in [2.45, 2.75) is 24.9 Å². The number of aliphatic hydroxyl groups is 1. The average molecular weight is 523 g/mol. The first-order valence-electron chi connectivity index (χ1n) is 8.46. The molecular weight excluding hydrogens is 503 g/mol. The van der Waals surface area contributed by atoms with E-state index in [4.69, 9.17) is 25.2 Å². The first kappa shape index (κ1) is 27.0. The number of phosphoric acid groups is 3. The van der Waals surface area contributed by atoms with Crippen LogP contribution >= 0.6 is 23.5 Å². The summed E-state index contributed by atoms with van der Waals surface area (Å²) in [4.78, 5) is 61.5. The molecule has 32 heavy (non-hydrogen) atoms. The lowest BCUT2D eigenvalue weighted by Gasteiger charge is -2.19. The van der Waals surface area contributed by atoms with Crippen molar-refractivity contribution in [3.8, 4) is 0 Å². The molecule has 0 aromatic carbocycles. The van der Waals surface area contributed by atoms with Gasteiger partial charge < -0.3 is 35.2 Å². The van der Waals surface area contributed by atoms with Gasteiger partial charge in [-0.2, -0.15) is 8.62 Å². The molecule has 2 heterocycles. The van der Waals surface area contributed by atoms with E-state index < -0.39 is 59.8 Å². The molecule has 0 aliphatic carbocycles. The number of ether oxygens (including phenoxy) is 1. The van der Waals surface area contributed by atoms with Gasteiger partial charge in [-0.05, 0) is 0 Å². The van der Waals surface area contributed by atoms with E-state index in [0.29, 0.717) is 0 Å². The molecule has 2 rings (SSSR count). The van der Waals surface area contributed by atoms with Crippen molar-refractivity contribution in [1.82, 2.24) is 9.55 Å². The zero-order valence-electron chi connectivity index (χ0n) is 15.9. The number of H-pyrrole nitrogens is 1. The van der Waals surface area contributed by atoms with E-state index in [-0.39, 0.29) is 18.5 Å². The summed E-state index contributed by atoms with van der Waals surface area (Å²) >= 11 is 0. The number of rotatable bonds is 10. The zero-order chi connectivity index (χ0) is 24.3. The van der Waals surface area contributed by atoms with Gasteiger partial charge in [0.1, 0.15) is 12.3 Å². The number of aliphatic hydroxyl groups excluding tert-OH is 1.